The zero-order valence-electron chi connectivity index (χ0n) is 19.7. The summed E-state index contributed by atoms with van der Waals surface area (Å²) in [5.41, 5.74) is 0.198. The molecule has 0 spiro atoms. The van der Waals surface area contributed by atoms with Crippen molar-refractivity contribution in [1.29, 1.82) is 0 Å². The molecular formula is C24H27ClN4O7. The topological polar surface area (TPSA) is 142 Å². The maximum atomic E-state index is 13.5. The number of urea groups is 1. The van der Waals surface area contributed by atoms with E-state index in [-0.39, 0.29) is 21.8 Å². The van der Waals surface area contributed by atoms with Crippen molar-refractivity contribution in [1.82, 2.24) is 15.1 Å². The summed E-state index contributed by atoms with van der Waals surface area (Å²) >= 11 is 6.22. The Hall–Kier alpha value is -3.54. The van der Waals surface area contributed by atoms with Gasteiger partial charge in [0.1, 0.15) is 0 Å². The number of carboxylic acid groups (broad SMARTS) is 1. The quantitative estimate of drug-likeness (QED) is 0.288. The van der Waals surface area contributed by atoms with Crippen LogP contribution in [0.25, 0.3) is 0 Å². The van der Waals surface area contributed by atoms with Crippen LogP contribution in [0.2, 0.25) is 5.02 Å². The van der Waals surface area contributed by atoms with Crippen molar-refractivity contribution in [2.24, 2.45) is 0 Å². The molecule has 1 unspecified atom stereocenters. The molecule has 1 saturated heterocycles. The van der Waals surface area contributed by atoms with Crippen molar-refractivity contribution >= 4 is 35.2 Å². The maximum Gasteiger partial charge on any atom is 0.415 e. The molecule has 1 heterocycles. The van der Waals surface area contributed by atoms with Crippen molar-refractivity contribution < 1.29 is 29.2 Å². The molecule has 1 aliphatic rings. The molecule has 3 rings (SSSR count). The van der Waals surface area contributed by atoms with E-state index in [9.17, 15) is 29.6 Å². The van der Waals surface area contributed by atoms with Crippen LogP contribution in [0.15, 0.2) is 42.5 Å². The second-order valence-electron chi connectivity index (χ2n) is 8.28. The Labute approximate surface area is 212 Å². The van der Waals surface area contributed by atoms with Gasteiger partial charge in [0.05, 0.1) is 29.2 Å². The van der Waals surface area contributed by atoms with Gasteiger partial charge in [-0.25, -0.2) is 14.5 Å². The van der Waals surface area contributed by atoms with E-state index in [0.29, 0.717) is 43.1 Å². The molecule has 0 aromatic heterocycles. The summed E-state index contributed by atoms with van der Waals surface area (Å²) in [6, 6.07) is 8.48. The Morgan fingerprint density at radius 3 is 2.53 bits per heavy atom. The summed E-state index contributed by atoms with van der Waals surface area (Å²) in [6.07, 6.45) is -0.481. The number of nitrogens with one attached hydrogen (secondary N) is 1. The van der Waals surface area contributed by atoms with Crippen LogP contribution in [0, 0.1) is 10.1 Å². The number of nitro benzene ring substituents is 1. The Kier molecular flexibility index (Phi) is 9.34. The van der Waals surface area contributed by atoms with E-state index in [1.807, 2.05) is 0 Å². The minimum absolute atomic E-state index is 0.00644. The molecule has 2 aromatic carbocycles. The second-order valence-corrected chi connectivity index (χ2v) is 8.68. The first-order valence-corrected chi connectivity index (χ1v) is 11.7. The molecule has 12 heteroatoms. The van der Waals surface area contributed by atoms with Gasteiger partial charge in [-0.3, -0.25) is 19.8 Å². The Morgan fingerprint density at radius 2 is 1.89 bits per heavy atom. The SMILES string of the molecule is CN(C(=O)O)C(=O)NC(CCCN1CCOCC1)c1ccc([N+](=O)[O-])cc1C(=O)c1ccccc1Cl. The van der Waals surface area contributed by atoms with E-state index in [0.717, 1.165) is 26.2 Å². The zero-order chi connectivity index (χ0) is 26.2. The third-order valence-corrected chi connectivity index (χ3v) is 6.28. The molecule has 0 bridgehead atoms. The van der Waals surface area contributed by atoms with E-state index in [1.165, 1.54) is 24.3 Å². The molecular weight excluding hydrogens is 492 g/mol. The lowest BCUT2D eigenvalue weighted by atomic mass is 9.91. The molecule has 192 valence electrons. The normalized spacial score (nSPS) is 14.6. The molecule has 2 aromatic rings. The third kappa shape index (κ3) is 6.78. The molecule has 36 heavy (non-hydrogen) atoms. The van der Waals surface area contributed by atoms with Crippen molar-refractivity contribution in [2.45, 2.75) is 18.9 Å². The van der Waals surface area contributed by atoms with E-state index >= 15 is 0 Å². The lowest BCUT2D eigenvalue weighted by Crippen LogP contribution is -2.42. The highest BCUT2D eigenvalue weighted by atomic mass is 35.5. The first-order chi connectivity index (χ1) is 17.2. The van der Waals surface area contributed by atoms with Crippen molar-refractivity contribution in [2.75, 3.05) is 39.9 Å². The number of halogens is 1. The van der Waals surface area contributed by atoms with Gasteiger partial charge >= 0.3 is 12.1 Å². The fraction of sp³-hybridized carbons (Fsp3) is 0.375. The van der Waals surface area contributed by atoms with Crippen LogP contribution in [-0.2, 0) is 4.74 Å². The molecule has 0 saturated carbocycles. The lowest BCUT2D eigenvalue weighted by molar-refractivity contribution is -0.384. The number of ketones is 1. The van der Waals surface area contributed by atoms with Gasteiger partial charge in [0, 0.05) is 43.4 Å². The van der Waals surface area contributed by atoms with Crippen LogP contribution in [0.1, 0.15) is 40.4 Å². The second kappa shape index (κ2) is 12.4. The fourth-order valence-corrected chi connectivity index (χ4v) is 4.15. The van der Waals surface area contributed by atoms with Crippen LogP contribution in [-0.4, -0.2) is 77.6 Å². The number of ether oxygens (including phenoxy) is 1. The number of nitro groups is 1. The lowest BCUT2D eigenvalue weighted by Gasteiger charge is -2.28. The number of amides is 3. The summed E-state index contributed by atoms with van der Waals surface area (Å²) in [7, 11) is 1.11. The average molecular weight is 519 g/mol. The number of carbonyl (C=O) groups excluding carboxylic acids is 2. The van der Waals surface area contributed by atoms with Gasteiger partial charge in [-0.05, 0) is 43.1 Å². The number of imide groups is 1. The summed E-state index contributed by atoms with van der Waals surface area (Å²) in [6.45, 7) is 3.50. The molecule has 3 amide bonds. The average Bonchev–Trinajstić information content (AvgIpc) is 2.87. The molecule has 1 atom stereocenters. The number of hydrogen-bond acceptors (Lipinski definition) is 7. The van der Waals surface area contributed by atoms with Gasteiger partial charge in [0.2, 0.25) is 0 Å². The Morgan fingerprint density at radius 1 is 1.19 bits per heavy atom. The molecule has 0 aliphatic carbocycles. The van der Waals surface area contributed by atoms with Crippen molar-refractivity contribution in [3.63, 3.8) is 0 Å². The minimum atomic E-state index is -1.45. The summed E-state index contributed by atoms with van der Waals surface area (Å²) < 4.78 is 5.36. The number of rotatable bonds is 9. The van der Waals surface area contributed by atoms with Gasteiger partial charge in [0.25, 0.3) is 5.69 Å². The van der Waals surface area contributed by atoms with Crippen LogP contribution in [0.4, 0.5) is 15.3 Å². The standard InChI is InChI=1S/C24H27ClN4O7/c1-27(24(32)33)23(31)26-21(7-4-10-28-11-13-36-14-12-28)17-9-8-16(29(34)35)15-19(17)22(30)18-5-2-3-6-20(18)25/h2-3,5-6,8-9,15,21H,4,7,10-14H2,1H3,(H,26,31)(H,32,33). The number of morpholine rings is 1. The Bertz CT molecular complexity index is 1140. The molecule has 11 nitrogen and oxygen atoms in total. The van der Waals surface area contributed by atoms with E-state index in [1.54, 1.807) is 12.1 Å². The third-order valence-electron chi connectivity index (χ3n) is 5.95. The minimum Gasteiger partial charge on any atom is -0.465 e. The number of benzene rings is 2. The Balaban J connectivity index is 1.97. The van der Waals surface area contributed by atoms with Gasteiger partial charge < -0.3 is 15.2 Å². The van der Waals surface area contributed by atoms with Crippen molar-refractivity contribution in [3.05, 3.63) is 74.3 Å². The summed E-state index contributed by atoms with van der Waals surface area (Å²) in [4.78, 5) is 50.9. The maximum absolute atomic E-state index is 13.5. The highest BCUT2D eigenvalue weighted by molar-refractivity contribution is 6.35. The van der Waals surface area contributed by atoms with Gasteiger partial charge in [-0.2, -0.15) is 0 Å². The van der Waals surface area contributed by atoms with Crippen molar-refractivity contribution in [3.8, 4) is 0 Å². The molecule has 0 radical (unpaired) electrons. The highest BCUT2D eigenvalue weighted by Gasteiger charge is 2.27. The molecule has 1 aliphatic heterocycles. The fourth-order valence-electron chi connectivity index (χ4n) is 3.93. The van der Waals surface area contributed by atoms with Gasteiger partial charge in [-0.15, -0.1) is 0 Å². The highest BCUT2D eigenvalue weighted by Crippen LogP contribution is 2.30. The molecule has 1 fully saturated rings. The van der Waals surface area contributed by atoms with E-state index < -0.39 is 28.9 Å². The summed E-state index contributed by atoms with van der Waals surface area (Å²) in [5.74, 6) is -0.543. The van der Waals surface area contributed by atoms with E-state index in [2.05, 4.69) is 10.2 Å². The smallest absolute Gasteiger partial charge is 0.415 e. The van der Waals surface area contributed by atoms with Crippen LogP contribution >= 0.6 is 11.6 Å². The number of hydrogen-bond donors (Lipinski definition) is 2. The summed E-state index contributed by atoms with van der Waals surface area (Å²) in [5, 5.41) is 23.5. The molecule has 2 N–H and O–H groups in total. The first-order valence-electron chi connectivity index (χ1n) is 11.3. The van der Waals surface area contributed by atoms with Crippen LogP contribution < -0.4 is 5.32 Å². The monoisotopic (exact) mass is 518 g/mol. The number of non-ortho nitro benzene ring substituents is 1. The first kappa shape index (κ1) is 27.1. The van der Waals surface area contributed by atoms with E-state index in [4.69, 9.17) is 16.3 Å². The number of nitrogens with zero attached hydrogens (tertiary/aromatic N) is 3. The van der Waals surface area contributed by atoms with Gasteiger partial charge in [-0.1, -0.05) is 23.7 Å². The van der Waals surface area contributed by atoms with Crippen LogP contribution in [0.3, 0.4) is 0 Å². The van der Waals surface area contributed by atoms with Gasteiger partial charge in [0.15, 0.2) is 5.78 Å². The van der Waals surface area contributed by atoms with Crippen LogP contribution in [0.5, 0.6) is 0 Å². The zero-order valence-corrected chi connectivity index (χ0v) is 20.4. The number of carbonyl (C=O) groups is 3. The predicted molar refractivity (Wildman–Crippen MR) is 132 cm³/mol. The predicted octanol–water partition coefficient (Wildman–Crippen LogP) is 3.95. The largest absolute Gasteiger partial charge is 0.465 e.